The Kier molecular flexibility index (Phi) is 3.70. The van der Waals surface area contributed by atoms with E-state index in [0.717, 1.165) is 0 Å². The van der Waals surface area contributed by atoms with Gasteiger partial charge in [0.25, 0.3) is 0 Å². The fraction of sp³-hybridized carbons (Fsp3) is 0.778. The molecule has 0 radical (unpaired) electrons. The number of aliphatic hydroxyl groups is 3. The van der Waals surface area contributed by atoms with Crippen LogP contribution < -0.4 is 0 Å². The van der Waals surface area contributed by atoms with Gasteiger partial charge in [0.15, 0.2) is 0 Å². The van der Waals surface area contributed by atoms with Gasteiger partial charge in [-0.05, 0) is 0 Å². The quantitative estimate of drug-likeness (QED) is 0.478. The van der Waals surface area contributed by atoms with Gasteiger partial charge < -0.3 is 20.1 Å². The minimum Gasteiger partial charge on any atom is -0.394 e. The van der Waals surface area contributed by atoms with Crippen molar-refractivity contribution in [3.8, 4) is 12.3 Å². The third-order valence-electron chi connectivity index (χ3n) is 2.17. The average molecular weight is 186 g/mol. The molecule has 1 aliphatic heterocycles. The maximum absolute atomic E-state index is 9.37. The van der Waals surface area contributed by atoms with Gasteiger partial charge >= 0.3 is 0 Å². The van der Waals surface area contributed by atoms with E-state index in [9.17, 15) is 10.2 Å². The van der Waals surface area contributed by atoms with E-state index in [2.05, 4.69) is 5.92 Å². The molecule has 0 aromatic carbocycles. The zero-order chi connectivity index (χ0) is 9.84. The molecule has 4 heteroatoms. The molecule has 4 atom stereocenters. The van der Waals surface area contributed by atoms with Crippen LogP contribution in [-0.4, -0.2) is 46.3 Å². The summed E-state index contributed by atoms with van der Waals surface area (Å²) in [5, 5.41) is 27.5. The van der Waals surface area contributed by atoms with Gasteiger partial charge in [-0.15, -0.1) is 12.3 Å². The Morgan fingerprint density at radius 2 is 2.15 bits per heavy atom. The summed E-state index contributed by atoms with van der Waals surface area (Å²) in [6, 6.07) is 0. The van der Waals surface area contributed by atoms with Gasteiger partial charge in [0, 0.05) is 12.8 Å². The first-order valence-electron chi connectivity index (χ1n) is 4.25. The second-order valence-electron chi connectivity index (χ2n) is 3.18. The van der Waals surface area contributed by atoms with Crippen LogP contribution in [0.4, 0.5) is 0 Å². The largest absolute Gasteiger partial charge is 0.394 e. The summed E-state index contributed by atoms with van der Waals surface area (Å²) in [4.78, 5) is 0. The fourth-order valence-electron chi connectivity index (χ4n) is 1.45. The predicted molar refractivity (Wildman–Crippen MR) is 45.8 cm³/mol. The standard InChI is InChI=1S/C9H14O4/c1-2-3-6-4-7(11)9(12)8(5-10)13-6/h1,6-12H,3-5H2. The molecule has 1 heterocycles. The Morgan fingerprint density at radius 3 is 2.69 bits per heavy atom. The van der Waals surface area contributed by atoms with Gasteiger partial charge in [0.1, 0.15) is 12.2 Å². The summed E-state index contributed by atoms with van der Waals surface area (Å²) < 4.78 is 5.26. The third kappa shape index (κ3) is 2.42. The molecule has 0 bridgehead atoms. The lowest BCUT2D eigenvalue weighted by molar-refractivity contribution is -0.177. The fourth-order valence-corrected chi connectivity index (χ4v) is 1.45. The maximum Gasteiger partial charge on any atom is 0.109 e. The van der Waals surface area contributed by atoms with Crippen LogP contribution in [0, 0.1) is 12.3 Å². The zero-order valence-corrected chi connectivity index (χ0v) is 7.26. The number of terminal acetylenes is 1. The van der Waals surface area contributed by atoms with Crippen molar-refractivity contribution in [3.05, 3.63) is 0 Å². The SMILES string of the molecule is C#CCC1CC(O)C(O)C(CO)O1. The van der Waals surface area contributed by atoms with Gasteiger partial charge in [0.2, 0.25) is 0 Å². The number of rotatable bonds is 2. The van der Waals surface area contributed by atoms with Crippen molar-refractivity contribution in [3.63, 3.8) is 0 Å². The van der Waals surface area contributed by atoms with E-state index in [1.165, 1.54) is 0 Å². The maximum atomic E-state index is 9.37. The molecule has 0 amide bonds. The molecular formula is C9H14O4. The van der Waals surface area contributed by atoms with Crippen molar-refractivity contribution in [2.75, 3.05) is 6.61 Å². The molecule has 1 aliphatic rings. The smallest absolute Gasteiger partial charge is 0.109 e. The Hall–Kier alpha value is -0.600. The van der Waals surface area contributed by atoms with Crippen molar-refractivity contribution in [1.82, 2.24) is 0 Å². The first-order valence-corrected chi connectivity index (χ1v) is 4.25. The normalized spacial score (nSPS) is 39.8. The summed E-state index contributed by atoms with van der Waals surface area (Å²) in [6.45, 7) is -0.306. The van der Waals surface area contributed by atoms with Crippen LogP contribution in [-0.2, 0) is 4.74 Å². The molecule has 0 spiro atoms. The van der Waals surface area contributed by atoms with E-state index in [1.807, 2.05) is 0 Å². The third-order valence-corrected chi connectivity index (χ3v) is 2.17. The first-order chi connectivity index (χ1) is 6.19. The van der Waals surface area contributed by atoms with Crippen LogP contribution >= 0.6 is 0 Å². The highest BCUT2D eigenvalue weighted by molar-refractivity contribution is 4.93. The Morgan fingerprint density at radius 1 is 1.46 bits per heavy atom. The monoisotopic (exact) mass is 186 g/mol. The average Bonchev–Trinajstić information content (AvgIpc) is 2.11. The van der Waals surface area contributed by atoms with Gasteiger partial charge in [-0.3, -0.25) is 0 Å². The van der Waals surface area contributed by atoms with Crippen LogP contribution in [0.2, 0.25) is 0 Å². The highest BCUT2D eigenvalue weighted by atomic mass is 16.5. The van der Waals surface area contributed by atoms with E-state index in [-0.39, 0.29) is 12.7 Å². The molecule has 0 aromatic heterocycles. The molecule has 4 nitrogen and oxygen atoms in total. The van der Waals surface area contributed by atoms with Crippen LogP contribution in [0.1, 0.15) is 12.8 Å². The van der Waals surface area contributed by atoms with E-state index in [0.29, 0.717) is 12.8 Å². The molecule has 1 saturated heterocycles. The molecule has 0 aliphatic carbocycles. The molecule has 0 aromatic rings. The lowest BCUT2D eigenvalue weighted by Gasteiger charge is -2.35. The van der Waals surface area contributed by atoms with E-state index >= 15 is 0 Å². The van der Waals surface area contributed by atoms with Crippen LogP contribution in [0.15, 0.2) is 0 Å². The van der Waals surface area contributed by atoms with Gasteiger partial charge in [0.05, 0.1) is 18.8 Å². The Labute approximate surface area is 77.1 Å². The van der Waals surface area contributed by atoms with Crippen molar-refractivity contribution in [1.29, 1.82) is 0 Å². The van der Waals surface area contributed by atoms with E-state index in [4.69, 9.17) is 16.3 Å². The summed E-state index contributed by atoms with van der Waals surface area (Å²) in [5.41, 5.74) is 0. The van der Waals surface area contributed by atoms with E-state index < -0.39 is 18.3 Å². The summed E-state index contributed by atoms with van der Waals surface area (Å²) >= 11 is 0. The van der Waals surface area contributed by atoms with Gasteiger partial charge in [-0.1, -0.05) is 0 Å². The van der Waals surface area contributed by atoms with Gasteiger partial charge in [-0.2, -0.15) is 0 Å². The van der Waals surface area contributed by atoms with E-state index in [1.54, 1.807) is 0 Å². The van der Waals surface area contributed by atoms with Gasteiger partial charge in [-0.25, -0.2) is 0 Å². The number of hydrogen-bond donors (Lipinski definition) is 3. The number of ether oxygens (including phenoxy) is 1. The van der Waals surface area contributed by atoms with Crippen LogP contribution in [0.3, 0.4) is 0 Å². The van der Waals surface area contributed by atoms with Crippen LogP contribution in [0.25, 0.3) is 0 Å². The number of hydrogen-bond acceptors (Lipinski definition) is 4. The Balaban J connectivity index is 2.53. The topological polar surface area (TPSA) is 69.9 Å². The molecular weight excluding hydrogens is 172 g/mol. The molecule has 1 rings (SSSR count). The lowest BCUT2D eigenvalue weighted by Crippen LogP contribution is -2.49. The lowest BCUT2D eigenvalue weighted by atomic mass is 9.97. The molecule has 74 valence electrons. The summed E-state index contributed by atoms with van der Waals surface area (Å²) in [6.07, 6.45) is 2.94. The number of aliphatic hydroxyl groups excluding tert-OH is 3. The predicted octanol–water partition coefficient (Wildman–Crippen LogP) is -1.12. The molecule has 13 heavy (non-hydrogen) atoms. The zero-order valence-electron chi connectivity index (χ0n) is 7.26. The van der Waals surface area contributed by atoms with Crippen molar-refractivity contribution >= 4 is 0 Å². The molecule has 3 N–H and O–H groups in total. The van der Waals surface area contributed by atoms with Crippen molar-refractivity contribution in [2.45, 2.75) is 37.3 Å². The van der Waals surface area contributed by atoms with Crippen LogP contribution in [0.5, 0.6) is 0 Å². The summed E-state index contributed by atoms with van der Waals surface area (Å²) in [7, 11) is 0. The van der Waals surface area contributed by atoms with Crippen molar-refractivity contribution < 1.29 is 20.1 Å². The van der Waals surface area contributed by atoms with Crippen molar-refractivity contribution in [2.24, 2.45) is 0 Å². The second kappa shape index (κ2) is 4.58. The molecule has 0 saturated carbocycles. The first kappa shape index (κ1) is 10.5. The minimum absolute atomic E-state index is 0.263. The Bertz CT molecular complexity index is 198. The summed E-state index contributed by atoms with van der Waals surface area (Å²) in [5.74, 6) is 2.42. The highest BCUT2D eigenvalue weighted by Crippen LogP contribution is 2.21. The minimum atomic E-state index is -1.01. The molecule has 1 fully saturated rings. The second-order valence-corrected chi connectivity index (χ2v) is 3.18. The molecule has 4 unspecified atom stereocenters. The highest BCUT2D eigenvalue weighted by Gasteiger charge is 2.35.